The molecule has 5 aliphatic rings. The van der Waals surface area contributed by atoms with E-state index in [4.69, 9.17) is 9.26 Å². The van der Waals surface area contributed by atoms with Crippen molar-refractivity contribution in [3.05, 3.63) is 17.5 Å². The third-order valence-corrected chi connectivity index (χ3v) is 13.6. The first-order valence-electron chi connectivity index (χ1n) is 14.7. The summed E-state index contributed by atoms with van der Waals surface area (Å²) in [6.45, 7) is 18.1. The molecular weight excluding hydrogens is 446 g/mol. The lowest BCUT2D eigenvalue weighted by atomic mass is 9.31. The Balaban J connectivity index is 1.44. The van der Waals surface area contributed by atoms with Gasteiger partial charge in [0, 0.05) is 30.4 Å². The predicted molar refractivity (Wildman–Crippen MR) is 142 cm³/mol. The Kier molecular flexibility index (Phi) is 5.22. The molecule has 36 heavy (non-hydrogen) atoms. The van der Waals surface area contributed by atoms with Gasteiger partial charge in [0.25, 0.3) is 0 Å². The van der Waals surface area contributed by atoms with Crippen LogP contribution in [0.15, 0.2) is 10.7 Å². The number of ether oxygens (including phenoxy) is 1. The first kappa shape index (κ1) is 25.1. The summed E-state index contributed by atoms with van der Waals surface area (Å²) < 4.78 is 11.7. The summed E-state index contributed by atoms with van der Waals surface area (Å²) in [6, 6.07) is 0. The lowest BCUT2D eigenvalue weighted by Crippen LogP contribution is -2.69. The minimum absolute atomic E-state index is 0.0471. The summed E-state index contributed by atoms with van der Waals surface area (Å²) in [5.74, 6) is 3.20. The molecule has 0 unspecified atom stereocenters. The van der Waals surface area contributed by atoms with Crippen molar-refractivity contribution in [1.82, 2.24) is 5.16 Å². The maximum Gasteiger partial charge on any atom is 0.145 e. The first-order valence-corrected chi connectivity index (χ1v) is 14.7. The van der Waals surface area contributed by atoms with Crippen molar-refractivity contribution in [3.63, 3.8) is 0 Å². The summed E-state index contributed by atoms with van der Waals surface area (Å²) in [5, 5.41) is 4.23. The van der Waals surface area contributed by atoms with Crippen molar-refractivity contribution in [2.24, 2.45) is 50.7 Å². The van der Waals surface area contributed by atoms with Gasteiger partial charge in [0.1, 0.15) is 11.5 Å². The molecule has 200 valence electrons. The highest BCUT2D eigenvalue weighted by Gasteiger charge is 2.72. The molecule has 0 radical (unpaired) electrons. The van der Waals surface area contributed by atoms with Crippen LogP contribution >= 0.6 is 0 Å². The quantitative estimate of drug-likeness (QED) is 0.429. The van der Waals surface area contributed by atoms with Gasteiger partial charge in [0.2, 0.25) is 0 Å². The van der Waals surface area contributed by atoms with Crippen molar-refractivity contribution in [1.29, 1.82) is 0 Å². The molecule has 8 atom stereocenters. The first-order chi connectivity index (χ1) is 16.7. The number of fused-ring (bicyclic) bond motifs is 8. The molecule has 4 saturated carbocycles. The zero-order chi connectivity index (χ0) is 25.9. The molecule has 0 aliphatic heterocycles. The fraction of sp³-hybridized carbons (Fsp3) is 0.875. The minimum atomic E-state index is -0.0471. The molecule has 6 rings (SSSR count). The fourth-order valence-corrected chi connectivity index (χ4v) is 11.6. The molecule has 0 saturated heterocycles. The second-order valence-electron chi connectivity index (χ2n) is 16.0. The van der Waals surface area contributed by atoms with Crippen LogP contribution in [0.3, 0.4) is 0 Å². The Labute approximate surface area is 218 Å². The van der Waals surface area contributed by atoms with E-state index in [0.29, 0.717) is 29.0 Å². The van der Waals surface area contributed by atoms with Crippen LogP contribution in [0.5, 0.6) is 0 Å². The highest BCUT2D eigenvalue weighted by molar-refractivity contribution is 5.84. The van der Waals surface area contributed by atoms with Gasteiger partial charge in [-0.3, -0.25) is 4.79 Å². The number of methoxy groups -OCH3 is 1. The van der Waals surface area contributed by atoms with Gasteiger partial charge in [-0.05, 0) is 96.2 Å². The molecule has 0 spiro atoms. The van der Waals surface area contributed by atoms with E-state index in [9.17, 15) is 4.79 Å². The highest BCUT2D eigenvalue weighted by atomic mass is 16.5. The molecular formula is C32H49NO3. The van der Waals surface area contributed by atoms with Gasteiger partial charge in [0.15, 0.2) is 0 Å². The van der Waals surface area contributed by atoms with E-state index >= 15 is 0 Å². The van der Waals surface area contributed by atoms with Crippen molar-refractivity contribution < 1.29 is 14.1 Å². The third-order valence-electron chi connectivity index (χ3n) is 13.6. The van der Waals surface area contributed by atoms with Gasteiger partial charge in [-0.1, -0.05) is 53.6 Å². The van der Waals surface area contributed by atoms with Crippen LogP contribution < -0.4 is 0 Å². The monoisotopic (exact) mass is 495 g/mol. The topological polar surface area (TPSA) is 52.3 Å². The molecule has 1 aromatic heterocycles. The molecule has 0 N–H and O–H groups in total. The number of rotatable bonds is 2. The number of nitrogens with zero attached hydrogens (tertiary/aromatic N) is 1. The molecule has 1 aromatic rings. The Morgan fingerprint density at radius 1 is 0.972 bits per heavy atom. The van der Waals surface area contributed by atoms with E-state index in [-0.39, 0.29) is 33.0 Å². The van der Waals surface area contributed by atoms with E-state index in [1.54, 1.807) is 0 Å². The van der Waals surface area contributed by atoms with Crippen LogP contribution in [0.25, 0.3) is 0 Å². The van der Waals surface area contributed by atoms with Crippen LogP contribution in [-0.2, 0) is 21.4 Å². The van der Waals surface area contributed by atoms with Gasteiger partial charge in [-0.15, -0.1) is 0 Å². The van der Waals surface area contributed by atoms with Gasteiger partial charge in [-0.2, -0.15) is 0 Å². The van der Waals surface area contributed by atoms with E-state index in [1.165, 1.54) is 50.5 Å². The maximum atomic E-state index is 14.5. The molecule has 0 bridgehead atoms. The van der Waals surface area contributed by atoms with E-state index in [1.807, 2.05) is 13.3 Å². The van der Waals surface area contributed by atoms with Crippen molar-refractivity contribution >= 4 is 5.78 Å². The molecule has 4 nitrogen and oxygen atoms in total. The Morgan fingerprint density at radius 3 is 2.42 bits per heavy atom. The lowest BCUT2D eigenvalue weighted by Gasteiger charge is -2.72. The highest BCUT2D eigenvalue weighted by Crippen LogP contribution is 2.76. The smallest absolute Gasteiger partial charge is 0.145 e. The van der Waals surface area contributed by atoms with Crippen LogP contribution in [0.2, 0.25) is 0 Å². The second-order valence-corrected chi connectivity index (χ2v) is 16.0. The van der Waals surface area contributed by atoms with E-state index in [0.717, 1.165) is 25.2 Å². The summed E-state index contributed by atoms with van der Waals surface area (Å²) in [7, 11) is 1.87. The van der Waals surface area contributed by atoms with Crippen molar-refractivity contribution in [3.8, 4) is 0 Å². The third kappa shape index (κ3) is 2.97. The predicted octanol–water partition coefficient (Wildman–Crippen LogP) is 7.40. The maximum absolute atomic E-state index is 14.5. The lowest BCUT2D eigenvalue weighted by molar-refractivity contribution is -0.232. The average Bonchev–Trinajstić information content (AvgIpc) is 3.25. The SMILES string of the molecule is COC[C@]12CCC(C)(C)C[C@H]1[C@H]1C(=O)C[C@@H]3[C@@]4(C)Cc5cnoc5C(C)(C)[C@@H]4CC[C@@]3(C)[C@]1(C)CC2. The number of Topliss-reactive ketones (excluding diaryl/α,β-unsaturated/α-hetero) is 1. The summed E-state index contributed by atoms with van der Waals surface area (Å²) in [4.78, 5) is 14.5. The minimum Gasteiger partial charge on any atom is -0.384 e. The molecule has 5 aliphatic carbocycles. The number of carbonyl (C=O) groups is 1. The molecule has 4 fully saturated rings. The second kappa shape index (κ2) is 7.48. The van der Waals surface area contributed by atoms with Crippen LogP contribution in [0, 0.1) is 50.7 Å². The summed E-state index contributed by atoms with van der Waals surface area (Å²) in [6.07, 6.45) is 12.2. The normalized spacial score (nSPS) is 48.7. The number of hydrogen-bond acceptors (Lipinski definition) is 4. The Bertz CT molecular complexity index is 1070. The standard InChI is InChI=1S/C32H49NO3/c1-27(2)11-13-32(19-35-8)14-12-31(7)25(21(32)17-27)22(34)15-24-29(5)16-20-18-33-36-26(20)28(3,4)23(29)9-10-30(24,31)6/h18,21,23-25H,9-17,19H2,1-8H3/t21-,23-,24+,25-,29-,30+,31+,32+/m0/s1. The Hall–Kier alpha value is -1.16. The van der Waals surface area contributed by atoms with Gasteiger partial charge < -0.3 is 9.26 Å². The number of carbonyl (C=O) groups excluding carboxylic acids is 1. The molecule has 0 amide bonds. The van der Waals surface area contributed by atoms with Crippen molar-refractivity contribution in [2.45, 2.75) is 112 Å². The van der Waals surface area contributed by atoms with Gasteiger partial charge >= 0.3 is 0 Å². The molecule has 1 heterocycles. The number of hydrogen-bond donors (Lipinski definition) is 0. The number of ketones is 1. The van der Waals surface area contributed by atoms with Gasteiger partial charge in [-0.25, -0.2) is 0 Å². The molecule has 4 heteroatoms. The van der Waals surface area contributed by atoms with E-state index in [2.05, 4.69) is 53.6 Å². The Morgan fingerprint density at radius 2 is 1.69 bits per heavy atom. The fourth-order valence-electron chi connectivity index (χ4n) is 11.6. The van der Waals surface area contributed by atoms with Crippen LogP contribution in [-0.4, -0.2) is 24.7 Å². The zero-order valence-electron chi connectivity index (χ0n) is 24.1. The average molecular weight is 496 g/mol. The zero-order valence-corrected chi connectivity index (χ0v) is 24.1. The van der Waals surface area contributed by atoms with Crippen LogP contribution in [0.4, 0.5) is 0 Å². The van der Waals surface area contributed by atoms with Crippen molar-refractivity contribution in [2.75, 3.05) is 13.7 Å². The largest absolute Gasteiger partial charge is 0.384 e. The van der Waals surface area contributed by atoms with Crippen LogP contribution in [0.1, 0.15) is 111 Å². The van der Waals surface area contributed by atoms with Gasteiger partial charge in [0.05, 0.1) is 12.8 Å². The number of aromatic nitrogens is 1. The summed E-state index contributed by atoms with van der Waals surface area (Å²) in [5.41, 5.74) is 2.02. The summed E-state index contributed by atoms with van der Waals surface area (Å²) >= 11 is 0. The molecule has 0 aromatic carbocycles. The van der Waals surface area contributed by atoms with E-state index < -0.39 is 0 Å².